The topological polar surface area (TPSA) is 75.8 Å². The Morgan fingerprint density at radius 1 is 1.29 bits per heavy atom. The minimum Gasteiger partial charge on any atom is -0.460 e. The molecule has 1 fully saturated rings. The Hall–Kier alpha value is -1.17. The van der Waals surface area contributed by atoms with E-state index in [-0.39, 0.29) is 12.4 Å². The number of carbonyl (C=O) groups excluding carboxylic acids is 1. The number of nitrogen functional groups attached to an aromatic ring is 1. The van der Waals surface area contributed by atoms with E-state index in [2.05, 4.69) is 0 Å². The first-order chi connectivity index (χ1) is 11.0. The fraction of sp³-hybridized carbons (Fsp3) is 0.588. The fourth-order valence-corrected chi connectivity index (χ4v) is 3.23. The van der Waals surface area contributed by atoms with Crippen LogP contribution in [0.15, 0.2) is 12.1 Å². The molecule has 0 spiro atoms. The van der Waals surface area contributed by atoms with Crippen LogP contribution in [0, 0.1) is 0 Å². The van der Waals surface area contributed by atoms with Gasteiger partial charge in [-0.25, -0.2) is 0 Å². The second-order valence-electron chi connectivity index (χ2n) is 7.30. The summed E-state index contributed by atoms with van der Waals surface area (Å²) < 4.78 is 5.30. The van der Waals surface area contributed by atoms with Crippen LogP contribution in [-0.2, 0) is 9.53 Å². The predicted octanol–water partition coefficient (Wildman–Crippen LogP) is 3.64. The SMILES string of the molecule is CC(C)(C)OC(=O)CC1(O)CCN(c2cc(Cl)c(N)cc2Cl)CC1. The van der Waals surface area contributed by atoms with Crippen molar-refractivity contribution >= 4 is 40.5 Å². The van der Waals surface area contributed by atoms with Crippen LogP contribution in [0.5, 0.6) is 0 Å². The van der Waals surface area contributed by atoms with E-state index in [0.717, 1.165) is 5.69 Å². The van der Waals surface area contributed by atoms with Gasteiger partial charge >= 0.3 is 5.97 Å². The highest BCUT2D eigenvalue weighted by molar-refractivity contribution is 6.37. The van der Waals surface area contributed by atoms with Gasteiger partial charge in [-0.05, 0) is 45.7 Å². The van der Waals surface area contributed by atoms with E-state index in [0.29, 0.717) is 41.7 Å². The van der Waals surface area contributed by atoms with Gasteiger partial charge in [0.05, 0.1) is 33.4 Å². The molecule has 0 amide bonds. The molecule has 134 valence electrons. The molecule has 0 bridgehead atoms. The van der Waals surface area contributed by atoms with Crippen molar-refractivity contribution in [1.29, 1.82) is 0 Å². The minimum atomic E-state index is -1.05. The molecule has 1 aliphatic rings. The second-order valence-corrected chi connectivity index (χ2v) is 8.11. The molecule has 1 heterocycles. The van der Waals surface area contributed by atoms with E-state index in [1.165, 1.54) is 0 Å². The average Bonchev–Trinajstić information content (AvgIpc) is 2.41. The number of piperidine rings is 1. The van der Waals surface area contributed by atoms with Gasteiger partial charge in [0.2, 0.25) is 0 Å². The summed E-state index contributed by atoms with van der Waals surface area (Å²) in [5.41, 5.74) is 5.36. The molecule has 3 N–H and O–H groups in total. The largest absolute Gasteiger partial charge is 0.460 e. The quantitative estimate of drug-likeness (QED) is 0.623. The molecule has 7 heteroatoms. The van der Waals surface area contributed by atoms with E-state index in [4.69, 9.17) is 33.7 Å². The van der Waals surface area contributed by atoms with Crippen molar-refractivity contribution in [2.45, 2.75) is 51.2 Å². The van der Waals surface area contributed by atoms with E-state index in [1.54, 1.807) is 12.1 Å². The van der Waals surface area contributed by atoms with Crippen LogP contribution in [0.1, 0.15) is 40.0 Å². The Kier molecular flexibility index (Phi) is 5.57. The van der Waals surface area contributed by atoms with Crippen molar-refractivity contribution in [3.8, 4) is 0 Å². The van der Waals surface area contributed by atoms with Gasteiger partial charge in [0.25, 0.3) is 0 Å². The first-order valence-corrected chi connectivity index (χ1v) is 8.68. The highest BCUT2D eigenvalue weighted by Gasteiger charge is 2.36. The first-order valence-electron chi connectivity index (χ1n) is 7.93. The van der Waals surface area contributed by atoms with E-state index in [9.17, 15) is 9.90 Å². The summed E-state index contributed by atoms with van der Waals surface area (Å²) >= 11 is 12.3. The van der Waals surface area contributed by atoms with E-state index < -0.39 is 11.2 Å². The third-order valence-corrected chi connectivity index (χ3v) is 4.62. The molecule has 1 aromatic rings. The van der Waals surface area contributed by atoms with Crippen LogP contribution in [0.3, 0.4) is 0 Å². The third kappa shape index (κ3) is 4.91. The van der Waals surface area contributed by atoms with Gasteiger partial charge < -0.3 is 20.5 Å². The maximum absolute atomic E-state index is 12.0. The van der Waals surface area contributed by atoms with Gasteiger partial charge in [0.15, 0.2) is 0 Å². The number of nitrogens with zero attached hydrogens (tertiary/aromatic N) is 1. The van der Waals surface area contributed by atoms with Gasteiger partial charge in [0, 0.05) is 13.1 Å². The Morgan fingerprint density at radius 3 is 2.42 bits per heavy atom. The summed E-state index contributed by atoms with van der Waals surface area (Å²) in [5, 5.41) is 11.6. The number of hydrogen-bond donors (Lipinski definition) is 2. The smallest absolute Gasteiger partial charge is 0.309 e. The van der Waals surface area contributed by atoms with Crippen LogP contribution in [0.4, 0.5) is 11.4 Å². The maximum atomic E-state index is 12.0. The molecule has 0 unspecified atom stereocenters. The van der Waals surface area contributed by atoms with Gasteiger partial charge in [-0.3, -0.25) is 4.79 Å². The molecular weight excluding hydrogens is 351 g/mol. The number of hydrogen-bond acceptors (Lipinski definition) is 5. The molecule has 1 aromatic carbocycles. The monoisotopic (exact) mass is 374 g/mol. The van der Waals surface area contributed by atoms with Crippen molar-refractivity contribution < 1.29 is 14.6 Å². The number of rotatable bonds is 3. The molecule has 24 heavy (non-hydrogen) atoms. The van der Waals surface area contributed by atoms with E-state index >= 15 is 0 Å². The molecule has 1 saturated heterocycles. The fourth-order valence-electron chi connectivity index (χ4n) is 2.78. The van der Waals surface area contributed by atoms with Crippen LogP contribution in [0.2, 0.25) is 10.0 Å². The predicted molar refractivity (Wildman–Crippen MR) is 97.7 cm³/mol. The van der Waals surface area contributed by atoms with Crippen molar-refractivity contribution in [3.05, 3.63) is 22.2 Å². The molecule has 0 radical (unpaired) electrons. The normalized spacial score (nSPS) is 17.7. The standard InChI is InChI=1S/C17H24Cl2N2O3/c1-16(2,3)24-15(22)10-17(23)4-6-21(7-5-17)14-9-11(18)13(20)8-12(14)19/h8-9,23H,4-7,10,20H2,1-3H3. The lowest BCUT2D eigenvalue weighted by Crippen LogP contribution is -2.46. The molecule has 0 atom stereocenters. The average molecular weight is 375 g/mol. The third-order valence-electron chi connectivity index (χ3n) is 3.99. The molecule has 1 aliphatic heterocycles. The molecule has 0 saturated carbocycles. The van der Waals surface area contributed by atoms with Crippen LogP contribution in [-0.4, -0.2) is 35.4 Å². The van der Waals surface area contributed by atoms with Crippen molar-refractivity contribution in [1.82, 2.24) is 0 Å². The van der Waals surface area contributed by atoms with E-state index in [1.807, 2.05) is 25.7 Å². The highest BCUT2D eigenvalue weighted by atomic mass is 35.5. The molecule has 0 aromatic heterocycles. The Morgan fingerprint density at radius 2 is 1.88 bits per heavy atom. The molecule has 5 nitrogen and oxygen atoms in total. The van der Waals surface area contributed by atoms with Crippen molar-refractivity contribution in [3.63, 3.8) is 0 Å². The zero-order valence-electron chi connectivity index (χ0n) is 14.2. The number of halogens is 2. The minimum absolute atomic E-state index is 0.00562. The zero-order chi connectivity index (χ0) is 18.1. The lowest BCUT2D eigenvalue weighted by Gasteiger charge is -2.39. The van der Waals surface area contributed by atoms with Gasteiger partial charge in [-0.2, -0.15) is 0 Å². The number of nitrogens with two attached hydrogens (primary N) is 1. The first kappa shape index (κ1) is 19.2. The van der Waals surface area contributed by atoms with Gasteiger partial charge in [0.1, 0.15) is 5.60 Å². The molecular formula is C17H24Cl2N2O3. The summed E-state index contributed by atoms with van der Waals surface area (Å²) in [7, 11) is 0. The second kappa shape index (κ2) is 6.98. The number of carbonyl (C=O) groups is 1. The van der Waals surface area contributed by atoms with Crippen molar-refractivity contribution in [2.24, 2.45) is 0 Å². The van der Waals surface area contributed by atoms with Crippen LogP contribution < -0.4 is 10.6 Å². The van der Waals surface area contributed by atoms with Crippen molar-refractivity contribution in [2.75, 3.05) is 23.7 Å². The Bertz CT molecular complexity index is 621. The zero-order valence-corrected chi connectivity index (χ0v) is 15.7. The van der Waals surface area contributed by atoms with Gasteiger partial charge in [-0.1, -0.05) is 23.2 Å². The number of esters is 1. The summed E-state index contributed by atoms with van der Waals surface area (Å²) in [6, 6.07) is 3.36. The lowest BCUT2D eigenvalue weighted by atomic mass is 9.88. The summed E-state index contributed by atoms with van der Waals surface area (Å²) in [4.78, 5) is 14.0. The number of aliphatic hydroxyl groups is 1. The number of benzene rings is 1. The maximum Gasteiger partial charge on any atom is 0.309 e. The van der Waals surface area contributed by atoms with Gasteiger partial charge in [-0.15, -0.1) is 0 Å². The molecule has 0 aliphatic carbocycles. The number of ether oxygens (including phenoxy) is 1. The summed E-state index contributed by atoms with van der Waals surface area (Å²) in [5.74, 6) is -0.382. The van der Waals surface area contributed by atoms with Crippen LogP contribution >= 0.6 is 23.2 Å². The Balaban J connectivity index is 2.00. The lowest BCUT2D eigenvalue weighted by molar-refractivity contribution is -0.161. The molecule has 2 rings (SSSR count). The highest BCUT2D eigenvalue weighted by Crippen LogP contribution is 2.36. The summed E-state index contributed by atoms with van der Waals surface area (Å²) in [6.45, 7) is 6.57. The number of anilines is 2. The Labute approximate surface area is 152 Å². The van der Waals surface area contributed by atoms with Crippen LogP contribution in [0.25, 0.3) is 0 Å². The summed E-state index contributed by atoms with van der Waals surface area (Å²) in [6.07, 6.45) is 0.892.